The van der Waals surface area contributed by atoms with E-state index >= 15 is 0 Å². The Bertz CT molecular complexity index is 457. The number of tetrazole rings is 1. The zero-order valence-corrected chi connectivity index (χ0v) is 14.4. The Hall–Kier alpha value is -1.01. The van der Waals surface area contributed by atoms with Crippen molar-refractivity contribution < 1.29 is 9.80 Å². The molecule has 0 radical (unpaired) electrons. The highest BCUT2D eigenvalue weighted by atomic mass is 15.6. The fourth-order valence-electron chi connectivity index (χ4n) is 4.43. The van der Waals surface area contributed by atoms with Crippen molar-refractivity contribution in [3.8, 4) is 0 Å². The normalized spacial score (nSPS) is 28.4. The lowest BCUT2D eigenvalue weighted by atomic mass is 10.1. The van der Waals surface area contributed by atoms with Crippen LogP contribution in [0.1, 0.15) is 70.8 Å². The lowest BCUT2D eigenvalue weighted by Crippen LogP contribution is -3.29. The minimum atomic E-state index is 0.337. The quantitative estimate of drug-likeness (QED) is 0.766. The van der Waals surface area contributed by atoms with Crippen molar-refractivity contribution in [1.29, 1.82) is 0 Å². The van der Waals surface area contributed by atoms with Crippen molar-refractivity contribution >= 4 is 0 Å². The van der Waals surface area contributed by atoms with Gasteiger partial charge in [0.2, 0.25) is 5.82 Å². The molecule has 1 atom stereocenters. The first-order valence-corrected chi connectivity index (χ1v) is 9.17. The standard InChI is InChI=1S/C16H30N6/c1-4-15(16-17-18-19-22(16)13(2)3)21-11-9-20(10-12-21)14-7-5-6-8-14/h13-15H,4-12H2,1-3H3/p+2/t15-/m0/s1. The first-order valence-electron chi connectivity index (χ1n) is 9.17. The molecule has 1 aromatic heterocycles. The predicted molar refractivity (Wildman–Crippen MR) is 84.9 cm³/mol. The zero-order chi connectivity index (χ0) is 15.5. The van der Waals surface area contributed by atoms with E-state index < -0.39 is 0 Å². The summed E-state index contributed by atoms with van der Waals surface area (Å²) in [7, 11) is 0. The lowest BCUT2D eigenvalue weighted by Gasteiger charge is -2.36. The van der Waals surface area contributed by atoms with Crippen LogP contribution < -0.4 is 9.80 Å². The van der Waals surface area contributed by atoms with Crippen molar-refractivity contribution in [3.63, 3.8) is 0 Å². The molecule has 1 saturated carbocycles. The monoisotopic (exact) mass is 308 g/mol. The van der Waals surface area contributed by atoms with E-state index in [9.17, 15) is 0 Å². The fourth-order valence-corrected chi connectivity index (χ4v) is 4.43. The van der Waals surface area contributed by atoms with Crippen molar-refractivity contribution in [3.05, 3.63) is 5.82 Å². The van der Waals surface area contributed by atoms with E-state index in [2.05, 4.69) is 36.3 Å². The highest BCUT2D eigenvalue weighted by Gasteiger charge is 2.36. The third-order valence-corrected chi connectivity index (χ3v) is 5.69. The summed E-state index contributed by atoms with van der Waals surface area (Å²) in [5.74, 6) is 1.08. The number of aromatic nitrogens is 4. The van der Waals surface area contributed by atoms with Crippen LogP contribution in [0.15, 0.2) is 0 Å². The van der Waals surface area contributed by atoms with Crippen LogP contribution in [0.5, 0.6) is 0 Å². The molecule has 2 N–H and O–H groups in total. The maximum absolute atomic E-state index is 4.35. The first-order chi connectivity index (χ1) is 10.7. The van der Waals surface area contributed by atoms with Crippen molar-refractivity contribution in [2.45, 2.75) is 71.0 Å². The molecule has 6 heteroatoms. The Labute approximate surface area is 133 Å². The van der Waals surface area contributed by atoms with Crippen LogP contribution in [0.4, 0.5) is 0 Å². The molecular weight excluding hydrogens is 276 g/mol. The maximum atomic E-state index is 4.35. The van der Waals surface area contributed by atoms with Crippen LogP contribution in [0.3, 0.4) is 0 Å². The largest absolute Gasteiger partial charge is 0.323 e. The van der Waals surface area contributed by atoms with Gasteiger partial charge in [-0.05, 0) is 50.0 Å². The van der Waals surface area contributed by atoms with Crippen LogP contribution in [-0.4, -0.2) is 52.4 Å². The Morgan fingerprint density at radius 1 is 1.14 bits per heavy atom. The second kappa shape index (κ2) is 7.04. The average Bonchev–Trinajstić information content (AvgIpc) is 3.20. The zero-order valence-electron chi connectivity index (χ0n) is 14.4. The van der Waals surface area contributed by atoms with Crippen LogP contribution in [0, 0.1) is 0 Å². The van der Waals surface area contributed by atoms with Gasteiger partial charge in [-0.1, -0.05) is 6.92 Å². The fraction of sp³-hybridized carbons (Fsp3) is 0.938. The molecule has 1 aromatic rings. The van der Waals surface area contributed by atoms with Crippen molar-refractivity contribution in [2.24, 2.45) is 0 Å². The van der Waals surface area contributed by atoms with Gasteiger partial charge in [0.25, 0.3) is 0 Å². The number of piperazine rings is 1. The number of nitrogens with one attached hydrogen (secondary N) is 2. The molecule has 0 unspecified atom stereocenters. The molecule has 2 aliphatic rings. The molecular formula is C16H32N6+2. The van der Waals surface area contributed by atoms with Gasteiger partial charge in [-0.3, -0.25) is 0 Å². The van der Waals surface area contributed by atoms with E-state index in [1.165, 1.54) is 51.9 Å². The molecule has 2 fully saturated rings. The van der Waals surface area contributed by atoms with Gasteiger partial charge in [0.1, 0.15) is 32.2 Å². The minimum absolute atomic E-state index is 0.337. The third-order valence-electron chi connectivity index (χ3n) is 5.69. The average molecular weight is 308 g/mol. The van der Waals surface area contributed by atoms with Crippen molar-refractivity contribution in [2.75, 3.05) is 26.2 Å². The number of nitrogens with zero attached hydrogens (tertiary/aromatic N) is 4. The van der Waals surface area contributed by atoms with Gasteiger partial charge in [-0.15, -0.1) is 5.10 Å². The summed E-state index contributed by atoms with van der Waals surface area (Å²) < 4.78 is 2.01. The summed E-state index contributed by atoms with van der Waals surface area (Å²) in [6.07, 6.45) is 6.92. The van der Waals surface area contributed by atoms with Gasteiger partial charge in [0, 0.05) is 6.42 Å². The SMILES string of the molecule is CC[C@@H](c1nnnn1C(C)C)[NH+]1CC[NH+](C2CCCC2)CC1. The summed E-state index contributed by atoms with van der Waals surface area (Å²) in [4.78, 5) is 3.54. The molecule has 1 aliphatic heterocycles. The molecule has 1 saturated heterocycles. The molecule has 0 bridgehead atoms. The van der Waals surface area contributed by atoms with E-state index in [-0.39, 0.29) is 0 Å². The van der Waals surface area contributed by atoms with Crippen LogP contribution in [-0.2, 0) is 0 Å². The third kappa shape index (κ3) is 3.18. The molecule has 6 nitrogen and oxygen atoms in total. The highest BCUT2D eigenvalue weighted by molar-refractivity contribution is 4.88. The van der Waals surface area contributed by atoms with E-state index in [0.717, 1.165) is 18.3 Å². The second-order valence-electron chi connectivity index (χ2n) is 7.33. The van der Waals surface area contributed by atoms with E-state index in [1.807, 2.05) is 9.58 Å². The number of rotatable bonds is 5. The van der Waals surface area contributed by atoms with Crippen LogP contribution >= 0.6 is 0 Å². The van der Waals surface area contributed by atoms with E-state index in [1.54, 1.807) is 4.90 Å². The predicted octanol–water partition coefficient (Wildman–Crippen LogP) is -0.569. The molecule has 1 aliphatic carbocycles. The first kappa shape index (κ1) is 15.9. The maximum Gasteiger partial charge on any atom is 0.209 e. The molecule has 3 rings (SSSR count). The smallest absolute Gasteiger partial charge is 0.209 e. The summed E-state index contributed by atoms with van der Waals surface area (Å²) >= 11 is 0. The second-order valence-corrected chi connectivity index (χ2v) is 7.33. The van der Waals surface area contributed by atoms with Gasteiger partial charge in [0.15, 0.2) is 0 Å². The Morgan fingerprint density at radius 2 is 1.82 bits per heavy atom. The van der Waals surface area contributed by atoms with Gasteiger partial charge in [0.05, 0.1) is 12.1 Å². The highest BCUT2D eigenvalue weighted by Crippen LogP contribution is 2.16. The Kier molecular flexibility index (Phi) is 5.08. The van der Waals surface area contributed by atoms with Gasteiger partial charge in [-0.25, -0.2) is 4.68 Å². The van der Waals surface area contributed by atoms with Crippen molar-refractivity contribution in [1.82, 2.24) is 20.2 Å². The lowest BCUT2D eigenvalue weighted by molar-refractivity contribution is -1.04. The van der Waals surface area contributed by atoms with Crippen LogP contribution in [0.25, 0.3) is 0 Å². The summed E-state index contributed by atoms with van der Waals surface area (Å²) in [6, 6.07) is 1.73. The van der Waals surface area contributed by atoms with Crippen LogP contribution in [0.2, 0.25) is 0 Å². The number of quaternary nitrogens is 2. The number of hydrogen-bond donors (Lipinski definition) is 2. The molecule has 0 spiro atoms. The van der Waals surface area contributed by atoms with Gasteiger partial charge in [-0.2, -0.15) is 0 Å². The molecule has 0 aromatic carbocycles. The van der Waals surface area contributed by atoms with E-state index in [0.29, 0.717) is 12.1 Å². The molecule has 22 heavy (non-hydrogen) atoms. The summed E-state index contributed by atoms with van der Waals surface area (Å²) in [6.45, 7) is 11.7. The number of hydrogen-bond acceptors (Lipinski definition) is 3. The summed E-state index contributed by atoms with van der Waals surface area (Å²) in [5.41, 5.74) is 0. The minimum Gasteiger partial charge on any atom is -0.323 e. The molecule has 124 valence electrons. The van der Waals surface area contributed by atoms with E-state index in [4.69, 9.17) is 0 Å². The summed E-state index contributed by atoms with van der Waals surface area (Å²) in [5, 5.41) is 12.5. The Balaban J connectivity index is 1.64. The topological polar surface area (TPSA) is 52.5 Å². The Morgan fingerprint density at radius 3 is 2.41 bits per heavy atom. The van der Waals surface area contributed by atoms with Gasteiger partial charge < -0.3 is 9.80 Å². The van der Waals surface area contributed by atoms with Gasteiger partial charge >= 0.3 is 0 Å². The molecule has 0 amide bonds. The molecule has 2 heterocycles.